The van der Waals surface area contributed by atoms with E-state index in [2.05, 4.69) is 11.4 Å². The number of hydrogen-bond donors (Lipinski definition) is 1. The molecule has 24 heavy (non-hydrogen) atoms. The molecule has 0 unspecified atom stereocenters. The van der Waals surface area contributed by atoms with Crippen molar-refractivity contribution in [3.63, 3.8) is 0 Å². The molecule has 0 aromatic heterocycles. The molecule has 0 aliphatic carbocycles. The summed E-state index contributed by atoms with van der Waals surface area (Å²) < 4.78 is 16.7. The molecule has 2 aliphatic rings. The van der Waals surface area contributed by atoms with Gasteiger partial charge in [0.2, 0.25) is 5.91 Å². The molecule has 0 spiro atoms. The second-order valence-corrected chi connectivity index (χ2v) is 5.97. The van der Waals surface area contributed by atoms with Crippen LogP contribution >= 0.6 is 0 Å². The Morgan fingerprint density at radius 3 is 2.96 bits per heavy atom. The Balaban J connectivity index is 1.58. The Bertz CT molecular complexity index is 768. The standard InChI is InChI=1S/C19H19NO4/c1-22-14-4-2-3-13(10-14)20-18(21)11-16-15-6-8-23-17(15)9-12-5-7-24-19(12)16/h2-4,9-10H,5-8,11H2,1H3,(H,20,21). The molecule has 1 N–H and O–H groups in total. The lowest BCUT2D eigenvalue weighted by atomic mass is 9.97. The Labute approximate surface area is 140 Å². The van der Waals surface area contributed by atoms with Crippen molar-refractivity contribution < 1.29 is 19.0 Å². The molecule has 2 heterocycles. The van der Waals surface area contributed by atoms with E-state index < -0.39 is 0 Å². The maximum Gasteiger partial charge on any atom is 0.228 e. The van der Waals surface area contributed by atoms with Gasteiger partial charge in [-0.15, -0.1) is 0 Å². The number of carbonyl (C=O) groups excluding carboxylic acids is 1. The summed E-state index contributed by atoms with van der Waals surface area (Å²) in [4.78, 5) is 12.5. The first-order valence-corrected chi connectivity index (χ1v) is 8.12. The van der Waals surface area contributed by atoms with Crippen LogP contribution in [0.25, 0.3) is 0 Å². The van der Waals surface area contributed by atoms with Gasteiger partial charge in [0.25, 0.3) is 0 Å². The summed E-state index contributed by atoms with van der Waals surface area (Å²) in [5.74, 6) is 2.43. The highest BCUT2D eigenvalue weighted by molar-refractivity contribution is 5.93. The number of amides is 1. The lowest BCUT2D eigenvalue weighted by Crippen LogP contribution is -2.16. The molecule has 4 rings (SSSR count). The molecule has 5 heteroatoms. The van der Waals surface area contributed by atoms with E-state index in [9.17, 15) is 4.79 Å². The third-order valence-electron chi connectivity index (χ3n) is 4.45. The number of rotatable bonds is 4. The fourth-order valence-corrected chi connectivity index (χ4v) is 3.34. The summed E-state index contributed by atoms with van der Waals surface area (Å²) in [6.07, 6.45) is 1.98. The minimum absolute atomic E-state index is 0.0683. The summed E-state index contributed by atoms with van der Waals surface area (Å²) in [5.41, 5.74) is 3.94. The third-order valence-corrected chi connectivity index (χ3v) is 4.45. The summed E-state index contributed by atoms with van der Waals surface area (Å²) >= 11 is 0. The van der Waals surface area contributed by atoms with E-state index in [0.717, 1.165) is 46.7 Å². The Morgan fingerprint density at radius 1 is 1.21 bits per heavy atom. The number of carbonyl (C=O) groups is 1. The highest BCUT2D eigenvalue weighted by atomic mass is 16.5. The number of hydrogen-bond acceptors (Lipinski definition) is 4. The van der Waals surface area contributed by atoms with E-state index in [0.29, 0.717) is 19.0 Å². The minimum Gasteiger partial charge on any atom is -0.497 e. The van der Waals surface area contributed by atoms with Gasteiger partial charge in [-0.3, -0.25) is 4.79 Å². The van der Waals surface area contributed by atoms with Crippen molar-refractivity contribution in [3.8, 4) is 17.2 Å². The lowest BCUT2D eigenvalue weighted by Gasteiger charge is -2.13. The lowest BCUT2D eigenvalue weighted by molar-refractivity contribution is -0.115. The molecule has 0 radical (unpaired) electrons. The zero-order valence-corrected chi connectivity index (χ0v) is 13.6. The molecule has 124 valence electrons. The topological polar surface area (TPSA) is 56.8 Å². The number of anilines is 1. The van der Waals surface area contributed by atoms with Crippen molar-refractivity contribution in [2.75, 3.05) is 25.6 Å². The molecule has 5 nitrogen and oxygen atoms in total. The van der Waals surface area contributed by atoms with Gasteiger partial charge in [0.15, 0.2) is 0 Å². The first-order chi connectivity index (χ1) is 11.7. The maximum absolute atomic E-state index is 12.5. The fraction of sp³-hybridized carbons (Fsp3) is 0.316. The number of benzene rings is 2. The van der Waals surface area contributed by atoms with Crippen LogP contribution in [0.15, 0.2) is 30.3 Å². The van der Waals surface area contributed by atoms with Crippen LogP contribution in [0.3, 0.4) is 0 Å². The molecule has 2 aliphatic heterocycles. The first kappa shape index (κ1) is 14.9. The van der Waals surface area contributed by atoms with Crippen LogP contribution < -0.4 is 19.5 Å². The zero-order chi connectivity index (χ0) is 16.5. The smallest absolute Gasteiger partial charge is 0.228 e. The molecular weight excluding hydrogens is 306 g/mol. The molecule has 0 bridgehead atoms. The van der Waals surface area contributed by atoms with Crippen LogP contribution in [-0.2, 0) is 24.1 Å². The van der Waals surface area contributed by atoms with E-state index >= 15 is 0 Å². The largest absolute Gasteiger partial charge is 0.497 e. The average Bonchev–Trinajstić information content (AvgIpc) is 3.23. The monoisotopic (exact) mass is 325 g/mol. The van der Waals surface area contributed by atoms with Gasteiger partial charge < -0.3 is 19.5 Å². The van der Waals surface area contributed by atoms with Crippen molar-refractivity contribution in [1.29, 1.82) is 0 Å². The molecular formula is C19H19NO4. The van der Waals surface area contributed by atoms with Gasteiger partial charge in [0.1, 0.15) is 17.2 Å². The SMILES string of the molecule is COc1cccc(NC(=O)Cc2c3c(cc4c2OCC4)OCC3)c1. The van der Waals surface area contributed by atoms with Crippen LogP contribution in [0.5, 0.6) is 17.2 Å². The molecule has 1 amide bonds. The van der Waals surface area contributed by atoms with Crippen molar-refractivity contribution in [2.24, 2.45) is 0 Å². The second-order valence-electron chi connectivity index (χ2n) is 5.97. The van der Waals surface area contributed by atoms with Crippen LogP contribution in [0, 0.1) is 0 Å². The van der Waals surface area contributed by atoms with Crippen LogP contribution in [0.1, 0.15) is 16.7 Å². The van der Waals surface area contributed by atoms with Gasteiger partial charge in [0.05, 0.1) is 26.7 Å². The first-order valence-electron chi connectivity index (χ1n) is 8.12. The number of ether oxygens (including phenoxy) is 3. The van der Waals surface area contributed by atoms with Crippen molar-refractivity contribution >= 4 is 11.6 Å². The van der Waals surface area contributed by atoms with Gasteiger partial charge in [-0.2, -0.15) is 0 Å². The normalized spacial score (nSPS) is 14.4. The van der Waals surface area contributed by atoms with Crippen molar-refractivity contribution in [3.05, 3.63) is 47.0 Å². The second kappa shape index (κ2) is 6.07. The highest BCUT2D eigenvalue weighted by Crippen LogP contribution is 2.40. The summed E-state index contributed by atoms with van der Waals surface area (Å²) in [6, 6.07) is 9.41. The number of fused-ring (bicyclic) bond motifs is 2. The van der Waals surface area contributed by atoms with Crippen molar-refractivity contribution in [2.45, 2.75) is 19.3 Å². The maximum atomic E-state index is 12.5. The van der Waals surface area contributed by atoms with Crippen LogP contribution in [0.2, 0.25) is 0 Å². The van der Waals surface area contributed by atoms with E-state index in [-0.39, 0.29) is 12.3 Å². The Morgan fingerprint density at radius 2 is 2.08 bits per heavy atom. The van der Waals surface area contributed by atoms with E-state index in [1.54, 1.807) is 13.2 Å². The Hall–Kier alpha value is -2.69. The molecule has 2 aromatic rings. The van der Waals surface area contributed by atoms with E-state index in [1.807, 2.05) is 18.2 Å². The molecule has 0 saturated carbocycles. The predicted octanol–water partition coefficient (Wildman–Crippen LogP) is 2.75. The summed E-state index contributed by atoms with van der Waals surface area (Å²) in [6.45, 7) is 1.34. The van der Waals surface area contributed by atoms with Gasteiger partial charge >= 0.3 is 0 Å². The minimum atomic E-state index is -0.0683. The fourth-order valence-electron chi connectivity index (χ4n) is 3.34. The molecule has 0 fully saturated rings. The van der Waals surface area contributed by atoms with E-state index in [4.69, 9.17) is 14.2 Å². The Kier molecular flexibility index (Phi) is 3.76. The van der Waals surface area contributed by atoms with Crippen LogP contribution in [-0.4, -0.2) is 26.2 Å². The summed E-state index contributed by atoms with van der Waals surface area (Å²) in [5, 5.41) is 2.93. The molecule has 2 aromatic carbocycles. The number of nitrogens with one attached hydrogen (secondary N) is 1. The van der Waals surface area contributed by atoms with Gasteiger partial charge in [-0.25, -0.2) is 0 Å². The van der Waals surface area contributed by atoms with Gasteiger partial charge in [-0.1, -0.05) is 6.07 Å². The predicted molar refractivity (Wildman–Crippen MR) is 90.2 cm³/mol. The number of methoxy groups -OCH3 is 1. The third kappa shape index (κ3) is 2.66. The highest BCUT2D eigenvalue weighted by Gasteiger charge is 2.27. The zero-order valence-electron chi connectivity index (χ0n) is 13.6. The molecule has 0 atom stereocenters. The van der Waals surface area contributed by atoms with Crippen LogP contribution in [0.4, 0.5) is 5.69 Å². The van der Waals surface area contributed by atoms with Crippen molar-refractivity contribution in [1.82, 2.24) is 0 Å². The molecule has 0 saturated heterocycles. The quantitative estimate of drug-likeness (QED) is 0.939. The van der Waals surface area contributed by atoms with Gasteiger partial charge in [-0.05, 0) is 18.2 Å². The van der Waals surface area contributed by atoms with Gasteiger partial charge in [0, 0.05) is 41.3 Å². The average molecular weight is 325 g/mol. The van der Waals surface area contributed by atoms with E-state index in [1.165, 1.54) is 0 Å². The summed E-state index contributed by atoms with van der Waals surface area (Å²) in [7, 11) is 1.61.